The molecule has 0 fully saturated rings. The number of amides is 1. The Labute approximate surface area is 104 Å². The molecule has 0 saturated heterocycles. The first-order valence-electron chi connectivity index (χ1n) is 5.10. The van der Waals surface area contributed by atoms with Crippen molar-refractivity contribution in [2.24, 2.45) is 10.8 Å². The molecule has 0 radical (unpaired) electrons. The molecule has 0 unspecified atom stereocenters. The Kier molecular flexibility index (Phi) is 3.06. The highest BCUT2D eigenvalue weighted by atomic mass is 32.1. The fraction of sp³-hybridized carbons (Fsp3) is 0.182. The standard InChI is InChI=1S/C11H12N4OS/c1-7-6-10(16)15(14-7)9-4-2-8(3-5-9)13-11(12)17/h2-5H,6H2,1H3,(H3,12,13,17). The van der Waals surface area contributed by atoms with Crippen molar-refractivity contribution in [3.05, 3.63) is 24.3 Å². The van der Waals surface area contributed by atoms with E-state index in [1.165, 1.54) is 5.01 Å². The molecular weight excluding hydrogens is 236 g/mol. The second kappa shape index (κ2) is 4.50. The number of hydrogen-bond acceptors (Lipinski definition) is 3. The number of hydrazone groups is 1. The number of anilines is 2. The van der Waals surface area contributed by atoms with Crippen LogP contribution in [0.1, 0.15) is 13.3 Å². The van der Waals surface area contributed by atoms with Gasteiger partial charge in [-0.05, 0) is 43.4 Å². The first-order chi connectivity index (χ1) is 8.06. The van der Waals surface area contributed by atoms with Gasteiger partial charge in [0.2, 0.25) is 0 Å². The first-order valence-corrected chi connectivity index (χ1v) is 5.50. The second-order valence-electron chi connectivity index (χ2n) is 3.75. The van der Waals surface area contributed by atoms with Crippen LogP contribution >= 0.6 is 12.2 Å². The zero-order chi connectivity index (χ0) is 12.4. The summed E-state index contributed by atoms with van der Waals surface area (Å²) in [5.74, 6) is -0.0162. The Balaban J connectivity index is 2.18. The minimum absolute atomic E-state index is 0.0162. The molecule has 0 bridgehead atoms. The van der Waals surface area contributed by atoms with Crippen LogP contribution in [0.4, 0.5) is 11.4 Å². The van der Waals surface area contributed by atoms with E-state index < -0.39 is 0 Å². The van der Waals surface area contributed by atoms with Crippen LogP contribution in [-0.4, -0.2) is 16.7 Å². The van der Waals surface area contributed by atoms with Crippen molar-refractivity contribution in [3.63, 3.8) is 0 Å². The lowest BCUT2D eigenvalue weighted by atomic mass is 10.2. The Hall–Kier alpha value is -1.95. The normalized spacial score (nSPS) is 14.8. The van der Waals surface area contributed by atoms with Gasteiger partial charge in [-0.1, -0.05) is 0 Å². The summed E-state index contributed by atoms with van der Waals surface area (Å²) in [4.78, 5) is 11.6. The number of carbonyl (C=O) groups is 1. The Bertz CT molecular complexity index is 495. The predicted molar refractivity (Wildman–Crippen MR) is 72.1 cm³/mol. The number of nitrogens with one attached hydrogen (secondary N) is 1. The second-order valence-corrected chi connectivity index (χ2v) is 4.19. The van der Waals surface area contributed by atoms with E-state index in [2.05, 4.69) is 10.4 Å². The number of rotatable bonds is 2. The molecule has 1 aliphatic heterocycles. The van der Waals surface area contributed by atoms with E-state index in [0.717, 1.165) is 17.1 Å². The minimum Gasteiger partial charge on any atom is -0.376 e. The molecule has 1 aliphatic rings. The number of benzene rings is 1. The molecule has 0 spiro atoms. The zero-order valence-electron chi connectivity index (χ0n) is 9.30. The molecule has 1 heterocycles. The maximum absolute atomic E-state index is 11.6. The molecule has 88 valence electrons. The van der Waals surface area contributed by atoms with Crippen molar-refractivity contribution in [3.8, 4) is 0 Å². The van der Waals surface area contributed by atoms with E-state index >= 15 is 0 Å². The molecule has 3 N–H and O–H groups in total. The summed E-state index contributed by atoms with van der Waals surface area (Å²) in [5, 5.41) is 8.59. The average molecular weight is 248 g/mol. The topological polar surface area (TPSA) is 70.7 Å². The fourth-order valence-electron chi connectivity index (χ4n) is 1.59. The molecule has 0 atom stereocenters. The molecule has 0 aromatic heterocycles. The summed E-state index contributed by atoms with van der Waals surface area (Å²) in [5.41, 5.74) is 7.70. The molecule has 6 heteroatoms. The van der Waals surface area contributed by atoms with Gasteiger partial charge in [0.15, 0.2) is 5.11 Å². The van der Waals surface area contributed by atoms with Gasteiger partial charge in [0.05, 0.1) is 12.1 Å². The van der Waals surface area contributed by atoms with Crippen LogP contribution in [0.15, 0.2) is 29.4 Å². The van der Waals surface area contributed by atoms with E-state index in [0.29, 0.717) is 6.42 Å². The SMILES string of the molecule is CC1=NN(c2ccc(NC(N)=S)cc2)C(=O)C1. The van der Waals surface area contributed by atoms with Crippen LogP contribution in [0.3, 0.4) is 0 Å². The lowest BCUT2D eigenvalue weighted by Gasteiger charge is -2.12. The Morgan fingerprint density at radius 3 is 2.59 bits per heavy atom. The van der Waals surface area contributed by atoms with Crippen molar-refractivity contribution in [1.82, 2.24) is 0 Å². The van der Waals surface area contributed by atoms with Crippen LogP contribution < -0.4 is 16.1 Å². The van der Waals surface area contributed by atoms with Gasteiger partial charge in [0.25, 0.3) is 5.91 Å². The van der Waals surface area contributed by atoms with Gasteiger partial charge in [-0.15, -0.1) is 0 Å². The lowest BCUT2D eigenvalue weighted by molar-refractivity contribution is -0.116. The number of nitrogens with two attached hydrogens (primary N) is 1. The quantitative estimate of drug-likeness (QED) is 0.777. The van der Waals surface area contributed by atoms with Gasteiger partial charge in [0.1, 0.15) is 0 Å². The van der Waals surface area contributed by atoms with E-state index in [4.69, 9.17) is 18.0 Å². The van der Waals surface area contributed by atoms with Gasteiger partial charge in [-0.25, -0.2) is 5.01 Å². The highest BCUT2D eigenvalue weighted by Gasteiger charge is 2.22. The molecule has 1 aromatic rings. The molecule has 0 aliphatic carbocycles. The lowest BCUT2D eigenvalue weighted by Crippen LogP contribution is -2.20. The van der Waals surface area contributed by atoms with E-state index in [1.54, 1.807) is 24.3 Å². The third kappa shape index (κ3) is 2.59. The van der Waals surface area contributed by atoms with Crippen LogP contribution in [-0.2, 0) is 4.79 Å². The van der Waals surface area contributed by atoms with E-state index in [1.807, 2.05) is 6.92 Å². The summed E-state index contributed by atoms with van der Waals surface area (Å²) in [6.45, 7) is 1.83. The van der Waals surface area contributed by atoms with Gasteiger partial charge in [-0.3, -0.25) is 4.79 Å². The summed E-state index contributed by atoms with van der Waals surface area (Å²) < 4.78 is 0. The highest BCUT2D eigenvalue weighted by molar-refractivity contribution is 7.80. The maximum Gasteiger partial charge on any atom is 0.253 e. The fourth-order valence-corrected chi connectivity index (χ4v) is 1.70. The molecule has 2 rings (SSSR count). The van der Waals surface area contributed by atoms with Gasteiger partial charge >= 0.3 is 0 Å². The number of carbonyl (C=O) groups excluding carboxylic acids is 1. The van der Waals surface area contributed by atoms with Crippen molar-refractivity contribution >= 4 is 40.3 Å². The minimum atomic E-state index is -0.0162. The maximum atomic E-state index is 11.6. The summed E-state index contributed by atoms with van der Waals surface area (Å²) in [7, 11) is 0. The predicted octanol–water partition coefficient (Wildman–Crippen LogP) is 1.45. The average Bonchev–Trinajstić information content (AvgIpc) is 2.58. The van der Waals surface area contributed by atoms with Crippen LogP contribution in [0.25, 0.3) is 0 Å². The smallest absolute Gasteiger partial charge is 0.253 e. The Morgan fingerprint density at radius 2 is 2.12 bits per heavy atom. The monoisotopic (exact) mass is 248 g/mol. The molecule has 0 saturated carbocycles. The molecule has 5 nitrogen and oxygen atoms in total. The van der Waals surface area contributed by atoms with Crippen molar-refractivity contribution in [2.45, 2.75) is 13.3 Å². The molecular formula is C11H12N4OS. The third-order valence-corrected chi connectivity index (χ3v) is 2.40. The highest BCUT2D eigenvalue weighted by Crippen LogP contribution is 2.22. The molecule has 1 aromatic carbocycles. The molecule has 1 amide bonds. The first kappa shape index (κ1) is 11.5. The van der Waals surface area contributed by atoms with Crippen molar-refractivity contribution in [2.75, 3.05) is 10.3 Å². The third-order valence-electron chi connectivity index (χ3n) is 2.29. The summed E-state index contributed by atoms with van der Waals surface area (Å²) in [6.07, 6.45) is 0.382. The Morgan fingerprint density at radius 1 is 1.47 bits per heavy atom. The van der Waals surface area contributed by atoms with Crippen LogP contribution in [0, 0.1) is 0 Å². The largest absolute Gasteiger partial charge is 0.376 e. The summed E-state index contributed by atoms with van der Waals surface area (Å²) in [6, 6.07) is 7.18. The van der Waals surface area contributed by atoms with Crippen molar-refractivity contribution in [1.29, 1.82) is 0 Å². The molecule has 17 heavy (non-hydrogen) atoms. The van der Waals surface area contributed by atoms with Gasteiger partial charge in [-0.2, -0.15) is 5.10 Å². The van der Waals surface area contributed by atoms with Gasteiger partial charge in [0, 0.05) is 11.4 Å². The van der Waals surface area contributed by atoms with Crippen molar-refractivity contribution < 1.29 is 4.79 Å². The van der Waals surface area contributed by atoms with Crippen LogP contribution in [0.2, 0.25) is 0 Å². The summed E-state index contributed by atoms with van der Waals surface area (Å²) >= 11 is 4.73. The van der Waals surface area contributed by atoms with Gasteiger partial charge < -0.3 is 11.1 Å². The van der Waals surface area contributed by atoms with E-state index in [-0.39, 0.29) is 11.0 Å². The van der Waals surface area contributed by atoms with E-state index in [9.17, 15) is 4.79 Å². The van der Waals surface area contributed by atoms with Crippen LogP contribution in [0.5, 0.6) is 0 Å². The number of nitrogens with zero attached hydrogens (tertiary/aromatic N) is 2. The number of thiocarbonyl (C=S) groups is 1. The zero-order valence-corrected chi connectivity index (χ0v) is 10.1. The number of hydrogen-bond donors (Lipinski definition) is 2.